The molecule has 2 saturated carbocycles. The van der Waals surface area contributed by atoms with E-state index in [1.54, 1.807) is 12.1 Å². The lowest BCUT2D eigenvalue weighted by atomic mass is 9.83. The van der Waals surface area contributed by atoms with Crippen LogP contribution < -0.4 is 0 Å². The van der Waals surface area contributed by atoms with Gasteiger partial charge in [-0.2, -0.15) is 0 Å². The van der Waals surface area contributed by atoms with Gasteiger partial charge < -0.3 is 10.2 Å². The first kappa shape index (κ1) is 9.08. The molecule has 3 atom stereocenters. The largest absolute Gasteiger partial charge is 0.504 e. The third-order valence-electron chi connectivity index (χ3n) is 4.17. The van der Waals surface area contributed by atoms with E-state index in [9.17, 15) is 10.2 Å². The van der Waals surface area contributed by atoms with Crippen molar-refractivity contribution in [3.8, 4) is 11.5 Å². The Labute approximate surface area is 89.6 Å². The molecule has 3 rings (SSSR count). The molecule has 2 aliphatic rings. The van der Waals surface area contributed by atoms with Crippen LogP contribution in [0.1, 0.15) is 37.2 Å². The molecule has 0 heterocycles. The summed E-state index contributed by atoms with van der Waals surface area (Å²) < 4.78 is 0. The average molecular weight is 204 g/mol. The molecule has 2 bridgehead atoms. The van der Waals surface area contributed by atoms with Crippen LogP contribution in [0.3, 0.4) is 0 Å². The van der Waals surface area contributed by atoms with Gasteiger partial charge in [0.1, 0.15) is 0 Å². The lowest BCUT2D eigenvalue weighted by Crippen LogP contribution is -2.08. The monoisotopic (exact) mass is 204 g/mol. The van der Waals surface area contributed by atoms with E-state index in [-0.39, 0.29) is 11.5 Å². The Morgan fingerprint density at radius 3 is 2.47 bits per heavy atom. The molecule has 2 heteroatoms. The van der Waals surface area contributed by atoms with Crippen molar-refractivity contribution in [1.82, 2.24) is 0 Å². The molecule has 2 nitrogen and oxygen atoms in total. The van der Waals surface area contributed by atoms with E-state index in [1.165, 1.54) is 31.2 Å². The summed E-state index contributed by atoms with van der Waals surface area (Å²) in [4.78, 5) is 0. The second-order valence-corrected chi connectivity index (χ2v) is 5.03. The minimum Gasteiger partial charge on any atom is -0.504 e. The van der Waals surface area contributed by atoms with Crippen LogP contribution in [0.15, 0.2) is 18.2 Å². The standard InChI is InChI=1S/C13H16O2/c14-12-4-3-10(7-13(12)15)11-6-8-1-2-9(11)5-8/h3-4,7-9,11,14-15H,1-2,5-6H2/t8-,9+,11?/m1/s1. The summed E-state index contributed by atoms with van der Waals surface area (Å²) in [6, 6.07) is 5.30. The number of fused-ring (bicyclic) bond motifs is 2. The van der Waals surface area contributed by atoms with Crippen molar-refractivity contribution in [2.45, 2.75) is 31.6 Å². The zero-order valence-electron chi connectivity index (χ0n) is 8.69. The van der Waals surface area contributed by atoms with Gasteiger partial charge in [-0.3, -0.25) is 0 Å². The quantitative estimate of drug-likeness (QED) is 0.690. The molecule has 0 amide bonds. The number of hydrogen-bond donors (Lipinski definition) is 2. The molecule has 1 aromatic rings. The van der Waals surface area contributed by atoms with Crippen molar-refractivity contribution in [1.29, 1.82) is 0 Å². The topological polar surface area (TPSA) is 40.5 Å². The van der Waals surface area contributed by atoms with E-state index < -0.39 is 0 Å². The molecule has 0 saturated heterocycles. The van der Waals surface area contributed by atoms with Crippen LogP contribution in [0, 0.1) is 11.8 Å². The lowest BCUT2D eigenvalue weighted by Gasteiger charge is -2.22. The molecule has 0 aliphatic heterocycles. The highest BCUT2D eigenvalue weighted by Crippen LogP contribution is 2.53. The van der Waals surface area contributed by atoms with Gasteiger partial charge in [0.25, 0.3) is 0 Å². The Balaban J connectivity index is 1.90. The fourth-order valence-electron chi connectivity index (χ4n) is 3.42. The highest BCUT2D eigenvalue weighted by Gasteiger charge is 2.40. The highest BCUT2D eigenvalue weighted by atomic mass is 16.3. The predicted octanol–water partition coefficient (Wildman–Crippen LogP) is 3.00. The van der Waals surface area contributed by atoms with Crippen LogP contribution in [0.25, 0.3) is 0 Å². The van der Waals surface area contributed by atoms with Crippen molar-refractivity contribution in [3.63, 3.8) is 0 Å². The van der Waals surface area contributed by atoms with Crippen LogP contribution in [0.4, 0.5) is 0 Å². The van der Waals surface area contributed by atoms with Crippen molar-refractivity contribution >= 4 is 0 Å². The fraction of sp³-hybridized carbons (Fsp3) is 0.538. The first-order chi connectivity index (χ1) is 7.24. The summed E-state index contributed by atoms with van der Waals surface area (Å²) in [6.45, 7) is 0. The molecule has 1 aromatic carbocycles. The summed E-state index contributed by atoms with van der Waals surface area (Å²) in [5.41, 5.74) is 1.21. The van der Waals surface area contributed by atoms with Gasteiger partial charge in [-0.1, -0.05) is 12.5 Å². The number of benzene rings is 1. The molecule has 80 valence electrons. The van der Waals surface area contributed by atoms with Gasteiger partial charge in [0.05, 0.1) is 0 Å². The van der Waals surface area contributed by atoms with Crippen LogP contribution in [0.5, 0.6) is 11.5 Å². The molecule has 2 fully saturated rings. The maximum absolute atomic E-state index is 9.48. The van der Waals surface area contributed by atoms with E-state index in [4.69, 9.17) is 0 Å². The molecule has 1 unspecified atom stereocenters. The number of phenols is 2. The van der Waals surface area contributed by atoms with Gasteiger partial charge in [0.15, 0.2) is 11.5 Å². The smallest absolute Gasteiger partial charge is 0.157 e. The average Bonchev–Trinajstić information content (AvgIpc) is 2.83. The molecule has 0 radical (unpaired) electrons. The van der Waals surface area contributed by atoms with Crippen molar-refractivity contribution < 1.29 is 10.2 Å². The third-order valence-corrected chi connectivity index (χ3v) is 4.17. The second kappa shape index (κ2) is 3.16. The van der Waals surface area contributed by atoms with Gasteiger partial charge in [-0.05, 0) is 54.7 Å². The molecule has 0 spiro atoms. The fourth-order valence-corrected chi connectivity index (χ4v) is 3.42. The third kappa shape index (κ3) is 1.39. The van der Waals surface area contributed by atoms with Gasteiger partial charge in [-0.25, -0.2) is 0 Å². The maximum atomic E-state index is 9.48. The first-order valence-corrected chi connectivity index (χ1v) is 5.76. The summed E-state index contributed by atoms with van der Waals surface area (Å²) >= 11 is 0. The Kier molecular flexibility index (Phi) is 1.91. The van der Waals surface area contributed by atoms with E-state index in [1.807, 2.05) is 6.07 Å². The Bertz CT molecular complexity index is 386. The highest BCUT2D eigenvalue weighted by molar-refractivity contribution is 5.42. The normalized spacial score (nSPS) is 33.5. The van der Waals surface area contributed by atoms with E-state index in [2.05, 4.69) is 0 Å². The number of rotatable bonds is 1. The van der Waals surface area contributed by atoms with Crippen LogP contribution in [-0.4, -0.2) is 10.2 Å². The Morgan fingerprint density at radius 1 is 1.00 bits per heavy atom. The summed E-state index contributed by atoms with van der Waals surface area (Å²) in [5.74, 6) is 2.36. The Morgan fingerprint density at radius 2 is 1.87 bits per heavy atom. The summed E-state index contributed by atoms with van der Waals surface area (Å²) in [5, 5.41) is 18.7. The van der Waals surface area contributed by atoms with Crippen LogP contribution in [-0.2, 0) is 0 Å². The zero-order chi connectivity index (χ0) is 10.4. The molecule has 0 aromatic heterocycles. The number of aromatic hydroxyl groups is 2. The lowest BCUT2D eigenvalue weighted by molar-refractivity contribution is 0.395. The van der Waals surface area contributed by atoms with Gasteiger partial charge >= 0.3 is 0 Å². The summed E-state index contributed by atoms with van der Waals surface area (Å²) in [7, 11) is 0. The van der Waals surface area contributed by atoms with E-state index in [0.717, 1.165) is 11.8 Å². The number of hydrogen-bond acceptors (Lipinski definition) is 2. The van der Waals surface area contributed by atoms with E-state index >= 15 is 0 Å². The van der Waals surface area contributed by atoms with Crippen LogP contribution in [0.2, 0.25) is 0 Å². The molecular formula is C13H16O2. The second-order valence-electron chi connectivity index (χ2n) is 5.03. The molecule has 2 N–H and O–H groups in total. The molecular weight excluding hydrogens is 188 g/mol. The summed E-state index contributed by atoms with van der Waals surface area (Å²) in [6.07, 6.45) is 5.38. The predicted molar refractivity (Wildman–Crippen MR) is 58.0 cm³/mol. The van der Waals surface area contributed by atoms with E-state index in [0.29, 0.717) is 5.92 Å². The van der Waals surface area contributed by atoms with Crippen molar-refractivity contribution in [2.75, 3.05) is 0 Å². The molecule has 15 heavy (non-hydrogen) atoms. The minimum atomic E-state index is -0.0121. The zero-order valence-corrected chi connectivity index (χ0v) is 8.69. The van der Waals surface area contributed by atoms with Gasteiger partial charge in [0, 0.05) is 0 Å². The first-order valence-electron chi connectivity index (χ1n) is 5.76. The minimum absolute atomic E-state index is 0.0121. The van der Waals surface area contributed by atoms with Gasteiger partial charge in [-0.15, -0.1) is 0 Å². The van der Waals surface area contributed by atoms with Crippen molar-refractivity contribution in [2.24, 2.45) is 11.8 Å². The maximum Gasteiger partial charge on any atom is 0.157 e. The van der Waals surface area contributed by atoms with Crippen LogP contribution >= 0.6 is 0 Å². The molecule has 2 aliphatic carbocycles. The van der Waals surface area contributed by atoms with Gasteiger partial charge in [0.2, 0.25) is 0 Å². The Hall–Kier alpha value is -1.18. The SMILES string of the molecule is Oc1ccc(C2C[C@@H]3CC[C@H]2C3)cc1O. The van der Waals surface area contributed by atoms with Crippen molar-refractivity contribution in [3.05, 3.63) is 23.8 Å². The number of phenolic OH excluding ortho intramolecular Hbond substituents is 2.